The molecule has 0 radical (unpaired) electrons. The molecule has 0 saturated carbocycles. The molecule has 0 aliphatic carbocycles. The maximum atomic E-state index is 3.39. The van der Waals surface area contributed by atoms with Gasteiger partial charge < -0.3 is 5.32 Å². The van der Waals surface area contributed by atoms with Gasteiger partial charge >= 0.3 is 0 Å². The first-order valence-corrected chi connectivity index (χ1v) is 5.55. The quantitative estimate of drug-likeness (QED) is 0.698. The molecule has 1 rings (SSSR count). The molecule has 0 atom stereocenters. The highest BCUT2D eigenvalue weighted by atomic mass is 14.9. The van der Waals surface area contributed by atoms with E-state index in [4.69, 9.17) is 0 Å². The van der Waals surface area contributed by atoms with Gasteiger partial charge in [0.15, 0.2) is 0 Å². The maximum absolute atomic E-state index is 3.39. The average molecular weight is 201 g/mol. The van der Waals surface area contributed by atoms with Crippen molar-refractivity contribution in [2.75, 3.05) is 5.32 Å². The van der Waals surface area contributed by atoms with Crippen LogP contribution >= 0.6 is 0 Å². The van der Waals surface area contributed by atoms with Crippen molar-refractivity contribution in [1.29, 1.82) is 0 Å². The van der Waals surface area contributed by atoms with Crippen molar-refractivity contribution in [3.8, 4) is 0 Å². The highest BCUT2D eigenvalue weighted by Crippen LogP contribution is 2.10. The molecule has 0 aliphatic heterocycles. The number of para-hydroxylation sites is 1. The molecule has 1 aromatic rings. The van der Waals surface area contributed by atoms with Gasteiger partial charge in [-0.15, -0.1) is 0 Å². The molecule has 0 bridgehead atoms. The molecule has 0 aromatic heterocycles. The van der Waals surface area contributed by atoms with Gasteiger partial charge in [0.2, 0.25) is 0 Å². The van der Waals surface area contributed by atoms with Gasteiger partial charge in [-0.05, 0) is 31.1 Å². The van der Waals surface area contributed by atoms with Crippen molar-refractivity contribution in [3.63, 3.8) is 0 Å². The Morgan fingerprint density at radius 1 is 1.13 bits per heavy atom. The molecule has 1 heteroatoms. The zero-order chi connectivity index (χ0) is 10.9. The molecular formula is C14H19N. The number of rotatable bonds is 5. The minimum Gasteiger partial charge on any atom is -0.356 e. The summed E-state index contributed by atoms with van der Waals surface area (Å²) < 4.78 is 0. The largest absolute Gasteiger partial charge is 0.356 e. The Morgan fingerprint density at radius 2 is 1.87 bits per heavy atom. The van der Waals surface area contributed by atoms with E-state index in [2.05, 4.69) is 49.5 Å². The van der Waals surface area contributed by atoms with Crippen molar-refractivity contribution >= 4 is 5.69 Å². The molecule has 1 nitrogen and oxygen atoms in total. The third-order valence-corrected chi connectivity index (χ3v) is 2.02. The summed E-state index contributed by atoms with van der Waals surface area (Å²) in [5.74, 6) is 0. The second kappa shape index (κ2) is 6.88. The van der Waals surface area contributed by atoms with Crippen molar-refractivity contribution < 1.29 is 0 Å². The van der Waals surface area contributed by atoms with Gasteiger partial charge in [0, 0.05) is 11.4 Å². The van der Waals surface area contributed by atoms with Crippen LogP contribution < -0.4 is 5.32 Å². The van der Waals surface area contributed by atoms with Crippen LogP contribution in [0, 0.1) is 0 Å². The molecular weight excluding hydrogens is 182 g/mol. The monoisotopic (exact) mass is 201 g/mol. The van der Waals surface area contributed by atoms with Gasteiger partial charge in [-0.25, -0.2) is 0 Å². The molecule has 15 heavy (non-hydrogen) atoms. The first-order chi connectivity index (χ1) is 7.36. The van der Waals surface area contributed by atoms with Crippen molar-refractivity contribution in [1.82, 2.24) is 0 Å². The standard InChI is InChI=1S/C14H19N/c1-3-5-10-13(9-4-2)15-14-11-7-6-8-12-14/h5-12,15H,3-4H2,1-2H3/b10-5-,13-9+. The van der Waals surface area contributed by atoms with Crippen molar-refractivity contribution in [2.45, 2.75) is 26.7 Å². The summed E-state index contributed by atoms with van der Waals surface area (Å²) in [5.41, 5.74) is 2.31. The smallest absolute Gasteiger partial charge is 0.0384 e. The van der Waals surface area contributed by atoms with Crippen LogP contribution in [0.1, 0.15) is 26.7 Å². The number of nitrogens with one attached hydrogen (secondary N) is 1. The van der Waals surface area contributed by atoms with E-state index >= 15 is 0 Å². The fraction of sp³-hybridized carbons (Fsp3) is 0.286. The van der Waals surface area contributed by atoms with Crippen LogP contribution in [0.4, 0.5) is 5.69 Å². The zero-order valence-corrected chi connectivity index (χ0v) is 9.53. The van der Waals surface area contributed by atoms with Gasteiger partial charge in [0.05, 0.1) is 0 Å². The summed E-state index contributed by atoms with van der Waals surface area (Å²) in [5, 5.41) is 3.39. The number of anilines is 1. The molecule has 80 valence electrons. The van der Waals surface area contributed by atoms with E-state index < -0.39 is 0 Å². The van der Waals surface area contributed by atoms with Crippen LogP contribution in [-0.4, -0.2) is 0 Å². The van der Waals surface area contributed by atoms with E-state index in [1.807, 2.05) is 18.2 Å². The SMILES string of the molecule is CC/C=C\C(=C/CC)Nc1ccccc1. The Morgan fingerprint density at radius 3 is 2.47 bits per heavy atom. The lowest BCUT2D eigenvalue weighted by molar-refractivity contribution is 1.18. The highest BCUT2D eigenvalue weighted by molar-refractivity contribution is 5.50. The molecule has 0 unspecified atom stereocenters. The van der Waals surface area contributed by atoms with E-state index in [9.17, 15) is 0 Å². The minimum atomic E-state index is 1.04. The second-order valence-corrected chi connectivity index (χ2v) is 3.37. The van der Waals surface area contributed by atoms with Gasteiger partial charge in [0.1, 0.15) is 0 Å². The second-order valence-electron chi connectivity index (χ2n) is 3.37. The number of benzene rings is 1. The lowest BCUT2D eigenvalue weighted by atomic mass is 10.2. The van der Waals surface area contributed by atoms with Crippen LogP contribution in [0.3, 0.4) is 0 Å². The average Bonchev–Trinajstić information content (AvgIpc) is 2.28. The molecule has 1 aromatic carbocycles. The first kappa shape index (κ1) is 11.6. The topological polar surface area (TPSA) is 12.0 Å². The summed E-state index contributed by atoms with van der Waals surface area (Å²) in [4.78, 5) is 0. The van der Waals surface area contributed by atoms with Crippen LogP contribution in [0.15, 0.2) is 54.3 Å². The zero-order valence-electron chi connectivity index (χ0n) is 9.53. The summed E-state index contributed by atoms with van der Waals surface area (Å²) in [6.45, 7) is 4.29. The fourth-order valence-corrected chi connectivity index (χ4v) is 1.31. The van der Waals surface area contributed by atoms with Gasteiger partial charge in [-0.2, -0.15) is 0 Å². The van der Waals surface area contributed by atoms with E-state index in [-0.39, 0.29) is 0 Å². The third-order valence-electron chi connectivity index (χ3n) is 2.02. The van der Waals surface area contributed by atoms with Crippen LogP contribution in [0.5, 0.6) is 0 Å². The Hall–Kier alpha value is -1.50. The first-order valence-electron chi connectivity index (χ1n) is 5.55. The Kier molecular flexibility index (Phi) is 5.31. The maximum Gasteiger partial charge on any atom is 0.0384 e. The summed E-state index contributed by atoms with van der Waals surface area (Å²) in [6.07, 6.45) is 8.60. The normalized spacial score (nSPS) is 12.0. The fourth-order valence-electron chi connectivity index (χ4n) is 1.31. The van der Waals surface area contributed by atoms with E-state index in [1.165, 1.54) is 5.70 Å². The molecule has 0 amide bonds. The lowest BCUT2D eigenvalue weighted by Crippen LogP contribution is -1.96. The van der Waals surface area contributed by atoms with Crippen molar-refractivity contribution in [2.24, 2.45) is 0 Å². The van der Waals surface area contributed by atoms with Gasteiger partial charge in [0.25, 0.3) is 0 Å². The number of hydrogen-bond acceptors (Lipinski definition) is 1. The summed E-state index contributed by atoms with van der Waals surface area (Å²) in [6, 6.07) is 10.2. The van der Waals surface area contributed by atoms with Crippen LogP contribution in [0.25, 0.3) is 0 Å². The summed E-state index contributed by atoms with van der Waals surface area (Å²) in [7, 11) is 0. The lowest BCUT2D eigenvalue weighted by Gasteiger charge is -2.06. The summed E-state index contributed by atoms with van der Waals surface area (Å²) >= 11 is 0. The molecule has 0 fully saturated rings. The Bertz CT molecular complexity index is 322. The molecule has 0 aliphatic rings. The predicted molar refractivity (Wildman–Crippen MR) is 67.9 cm³/mol. The molecule has 1 N–H and O–H groups in total. The van der Waals surface area contributed by atoms with E-state index in [1.54, 1.807) is 0 Å². The molecule has 0 saturated heterocycles. The minimum absolute atomic E-state index is 1.04. The van der Waals surface area contributed by atoms with E-state index in [0.29, 0.717) is 0 Å². The predicted octanol–water partition coefficient (Wildman–Crippen LogP) is 4.36. The Labute approximate surface area is 92.5 Å². The number of hydrogen-bond donors (Lipinski definition) is 1. The third kappa shape index (κ3) is 4.50. The van der Waals surface area contributed by atoms with Gasteiger partial charge in [-0.3, -0.25) is 0 Å². The molecule has 0 heterocycles. The molecule has 0 spiro atoms. The van der Waals surface area contributed by atoms with E-state index in [0.717, 1.165) is 18.5 Å². The van der Waals surface area contributed by atoms with Crippen LogP contribution in [-0.2, 0) is 0 Å². The van der Waals surface area contributed by atoms with Crippen molar-refractivity contribution in [3.05, 3.63) is 54.3 Å². The Balaban J connectivity index is 2.67. The highest BCUT2D eigenvalue weighted by Gasteiger charge is 1.91. The van der Waals surface area contributed by atoms with Crippen LogP contribution in [0.2, 0.25) is 0 Å². The van der Waals surface area contributed by atoms with Gasteiger partial charge in [-0.1, -0.05) is 44.2 Å². The number of allylic oxidation sites excluding steroid dienone is 3.